The number of imidazole rings is 1. The number of alkyl halides is 6. The van der Waals surface area contributed by atoms with E-state index in [9.17, 15) is 26.3 Å². The van der Waals surface area contributed by atoms with Crippen LogP contribution in [0.25, 0.3) is 0 Å². The molecule has 1 aromatic rings. The van der Waals surface area contributed by atoms with Crippen molar-refractivity contribution in [3.63, 3.8) is 0 Å². The van der Waals surface area contributed by atoms with Crippen LogP contribution in [0.1, 0.15) is 45.1 Å². The van der Waals surface area contributed by atoms with Gasteiger partial charge in [-0.05, 0) is 0 Å². The molecule has 0 spiro atoms. The molecule has 112 valence electrons. The SMILES string of the molecule is CC.CC(C)c1nc(C(F)(F)F)cn1CC(F)(F)F. The second-order valence-corrected chi connectivity index (χ2v) is 3.88. The van der Waals surface area contributed by atoms with Crippen molar-refractivity contribution in [3.05, 3.63) is 17.7 Å². The molecule has 1 aromatic heterocycles. The average molecular weight is 290 g/mol. The summed E-state index contributed by atoms with van der Waals surface area (Å²) in [4.78, 5) is 3.20. The number of hydrogen-bond donors (Lipinski definition) is 0. The topological polar surface area (TPSA) is 17.8 Å². The lowest BCUT2D eigenvalue weighted by Gasteiger charge is -2.11. The zero-order valence-corrected chi connectivity index (χ0v) is 11.0. The molecule has 2 nitrogen and oxygen atoms in total. The number of halogens is 6. The first kappa shape index (κ1) is 17.8. The smallest absolute Gasteiger partial charge is 0.325 e. The molecule has 8 heteroatoms. The van der Waals surface area contributed by atoms with E-state index in [-0.39, 0.29) is 5.82 Å². The molecule has 1 rings (SSSR count). The molecule has 0 bridgehead atoms. The van der Waals surface area contributed by atoms with Crippen LogP contribution in [-0.4, -0.2) is 15.7 Å². The highest BCUT2D eigenvalue weighted by molar-refractivity contribution is 5.10. The molecule has 0 atom stereocenters. The fourth-order valence-electron chi connectivity index (χ4n) is 1.35. The molecule has 0 N–H and O–H groups in total. The van der Waals surface area contributed by atoms with Crippen molar-refractivity contribution in [1.82, 2.24) is 9.55 Å². The first-order chi connectivity index (χ1) is 8.50. The minimum absolute atomic E-state index is 0.227. The number of aromatic nitrogens is 2. The second kappa shape index (κ2) is 6.29. The Morgan fingerprint density at radius 3 is 1.89 bits per heavy atom. The van der Waals surface area contributed by atoms with Gasteiger partial charge in [-0.3, -0.25) is 0 Å². The summed E-state index contributed by atoms with van der Waals surface area (Å²) < 4.78 is 73.9. The number of nitrogens with zero attached hydrogens (tertiary/aromatic N) is 2. The van der Waals surface area contributed by atoms with Crippen molar-refractivity contribution in [2.45, 2.75) is 52.5 Å². The fraction of sp³-hybridized carbons (Fsp3) is 0.727. The van der Waals surface area contributed by atoms with E-state index in [0.717, 1.165) is 0 Å². The van der Waals surface area contributed by atoms with Gasteiger partial charge in [-0.2, -0.15) is 26.3 Å². The van der Waals surface area contributed by atoms with Crippen molar-refractivity contribution in [3.8, 4) is 0 Å². The highest BCUT2D eigenvalue weighted by atomic mass is 19.4. The average Bonchev–Trinajstić information content (AvgIpc) is 2.61. The Kier molecular flexibility index (Phi) is 5.89. The molecule has 0 aliphatic rings. The normalized spacial score (nSPS) is 12.4. The van der Waals surface area contributed by atoms with E-state index in [1.54, 1.807) is 0 Å². The van der Waals surface area contributed by atoms with E-state index in [1.165, 1.54) is 13.8 Å². The van der Waals surface area contributed by atoms with Crippen LogP contribution in [0.15, 0.2) is 6.20 Å². The van der Waals surface area contributed by atoms with Crippen molar-refractivity contribution >= 4 is 0 Å². The summed E-state index contributed by atoms with van der Waals surface area (Å²) >= 11 is 0. The first-order valence-electron chi connectivity index (χ1n) is 5.71. The van der Waals surface area contributed by atoms with Crippen LogP contribution in [0.2, 0.25) is 0 Å². The Bertz CT molecular complexity index is 389. The van der Waals surface area contributed by atoms with E-state index in [1.807, 2.05) is 13.8 Å². The van der Waals surface area contributed by atoms with Crippen LogP contribution in [0.3, 0.4) is 0 Å². The predicted octanol–water partition coefficient (Wildman–Crippen LogP) is 4.61. The summed E-state index contributed by atoms with van der Waals surface area (Å²) in [5.41, 5.74) is -1.30. The number of rotatable bonds is 2. The molecule has 0 radical (unpaired) electrons. The molecule has 0 aliphatic heterocycles. The lowest BCUT2D eigenvalue weighted by Crippen LogP contribution is -2.19. The molecule has 0 unspecified atom stereocenters. The lowest BCUT2D eigenvalue weighted by atomic mass is 10.2. The van der Waals surface area contributed by atoms with Gasteiger partial charge in [-0.1, -0.05) is 27.7 Å². The van der Waals surface area contributed by atoms with Gasteiger partial charge in [0.1, 0.15) is 12.4 Å². The first-order valence-corrected chi connectivity index (χ1v) is 5.71. The van der Waals surface area contributed by atoms with E-state index >= 15 is 0 Å². The van der Waals surface area contributed by atoms with Gasteiger partial charge in [0.05, 0.1) is 0 Å². The van der Waals surface area contributed by atoms with Gasteiger partial charge in [0.2, 0.25) is 0 Å². The molecule has 1 heterocycles. The Balaban J connectivity index is 0.00000154. The molecule has 0 fully saturated rings. The van der Waals surface area contributed by atoms with Gasteiger partial charge in [0.15, 0.2) is 5.69 Å². The van der Waals surface area contributed by atoms with Crippen LogP contribution in [0, 0.1) is 0 Å². The zero-order chi connectivity index (χ0) is 15.4. The van der Waals surface area contributed by atoms with E-state index in [2.05, 4.69) is 4.98 Å². The quantitative estimate of drug-likeness (QED) is 0.727. The largest absolute Gasteiger partial charge is 0.434 e. The monoisotopic (exact) mass is 290 g/mol. The van der Waals surface area contributed by atoms with E-state index < -0.39 is 30.5 Å². The minimum Gasteiger partial charge on any atom is -0.325 e. The van der Waals surface area contributed by atoms with Crippen LogP contribution in [-0.2, 0) is 12.7 Å². The zero-order valence-electron chi connectivity index (χ0n) is 11.0. The van der Waals surface area contributed by atoms with Gasteiger partial charge in [-0.15, -0.1) is 0 Å². The highest BCUT2D eigenvalue weighted by Crippen LogP contribution is 2.31. The van der Waals surface area contributed by atoms with Crippen molar-refractivity contribution in [1.29, 1.82) is 0 Å². The molecule has 0 aromatic carbocycles. The Morgan fingerprint density at radius 2 is 1.58 bits per heavy atom. The van der Waals surface area contributed by atoms with E-state index in [0.29, 0.717) is 10.8 Å². The van der Waals surface area contributed by atoms with Crippen molar-refractivity contribution in [2.24, 2.45) is 0 Å². The molecule has 0 saturated carbocycles. The molecule has 0 saturated heterocycles. The molecule has 0 aliphatic carbocycles. The van der Waals surface area contributed by atoms with Gasteiger partial charge in [0, 0.05) is 12.1 Å². The standard InChI is InChI=1S/C9H10F6N2.C2H6/c1-5(2)7-16-6(9(13,14)15)3-17(7)4-8(10,11)12;1-2/h3,5H,4H2,1-2H3;1-2H3. The lowest BCUT2D eigenvalue weighted by molar-refractivity contribution is -0.144. The van der Waals surface area contributed by atoms with Crippen molar-refractivity contribution in [2.75, 3.05) is 0 Å². The third-order valence-electron chi connectivity index (χ3n) is 1.96. The van der Waals surface area contributed by atoms with Crippen LogP contribution >= 0.6 is 0 Å². The Labute approximate surface area is 107 Å². The van der Waals surface area contributed by atoms with Crippen LogP contribution in [0.4, 0.5) is 26.3 Å². The molecular weight excluding hydrogens is 274 g/mol. The van der Waals surface area contributed by atoms with E-state index in [4.69, 9.17) is 0 Å². The maximum absolute atomic E-state index is 12.3. The predicted molar refractivity (Wildman–Crippen MR) is 58.7 cm³/mol. The van der Waals surface area contributed by atoms with Crippen molar-refractivity contribution < 1.29 is 26.3 Å². The second-order valence-electron chi connectivity index (χ2n) is 3.88. The summed E-state index contributed by atoms with van der Waals surface area (Å²) in [6, 6.07) is 0. The Hall–Kier alpha value is -1.21. The molecular formula is C11H16F6N2. The fourth-order valence-corrected chi connectivity index (χ4v) is 1.35. The molecule has 19 heavy (non-hydrogen) atoms. The Morgan fingerprint density at radius 1 is 1.11 bits per heavy atom. The van der Waals surface area contributed by atoms with Gasteiger partial charge in [0.25, 0.3) is 0 Å². The summed E-state index contributed by atoms with van der Waals surface area (Å²) in [5.74, 6) is -0.747. The third-order valence-corrected chi connectivity index (χ3v) is 1.96. The van der Waals surface area contributed by atoms with Gasteiger partial charge >= 0.3 is 12.4 Å². The summed E-state index contributed by atoms with van der Waals surface area (Å²) in [7, 11) is 0. The highest BCUT2D eigenvalue weighted by Gasteiger charge is 2.37. The maximum atomic E-state index is 12.3. The summed E-state index contributed by atoms with van der Waals surface area (Å²) in [6.45, 7) is 5.49. The van der Waals surface area contributed by atoms with Gasteiger partial charge in [-0.25, -0.2) is 4.98 Å². The summed E-state index contributed by atoms with van der Waals surface area (Å²) in [6.07, 6.45) is -8.92. The summed E-state index contributed by atoms with van der Waals surface area (Å²) in [5, 5.41) is 0. The van der Waals surface area contributed by atoms with Crippen LogP contribution in [0.5, 0.6) is 0 Å². The van der Waals surface area contributed by atoms with Gasteiger partial charge < -0.3 is 4.57 Å². The third kappa shape index (κ3) is 5.52. The number of hydrogen-bond acceptors (Lipinski definition) is 1. The molecule has 0 amide bonds. The maximum Gasteiger partial charge on any atom is 0.434 e. The minimum atomic E-state index is -4.74. The van der Waals surface area contributed by atoms with Crippen LogP contribution < -0.4 is 0 Å².